The second kappa shape index (κ2) is 13.2. The number of anilines is 1. The van der Waals surface area contributed by atoms with Gasteiger partial charge in [-0.1, -0.05) is 37.3 Å². The van der Waals surface area contributed by atoms with Gasteiger partial charge in [-0.25, -0.2) is 0 Å². The zero-order valence-corrected chi connectivity index (χ0v) is 19.6. The summed E-state index contributed by atoms with van der Waals surface area (Å²) >= 11 is 0. The largest absolute Gasteiger partial charge is 0.472 e. The number of rotatable bonds is 7. The summed E-state index contributed by atoms with van der Waals surface area (Å²) in [6.45, 7) is 7.25. The monoisotopic (exact) mass is 463 g/mol. The number of benzene rings is 2. The van der Waals surface area contributed by atoms with Gasteiger partial charge in [-0.15, -0.1) is 24.8 Å². The molecule has 1 aliphatic heterocycles. The number of aliphatic hydroxyl groups excluding tert-OH is 1. The van der Waals surface area contributed by atoms with Crippen LogP contribution in [-0.4, -0.2) is 48.5 Å². The van der Waals surface area contributed by atoms with Crippen molar-refractivity contribution >= 4 is 36.1 Å². The molecule has 3 rings (SSSR count). The van der Waals surface area contributed by atoms with Crippen molar-refractivity contribution in [1.82, 2.24) is 4.90 Å². The molecule has 0 amide bonds. The van der Waals surface area contributed by atoms with E-state index in [1.54, 1.807) is 13.0 Å². The number of halogens is 2. The van der Waals surface area contributed by atoms with Crippen LogP contribution in [0.1, 0.15) is 25.8 Å². The smallest absolute Gasteiger partial charge is 0.178 e. The van der Waals surface area contributed by atoms with E-state index in [-0.39, 0.29) is 31.0 Å². The highest BCUT2D eigenvalue weighted by Gasteiger charge is 2.28. The van der Waals surface area contributed by atoms with Crippen LogP contribution in [-0.2, 0) is 0 Å². The minimum atomic E-state index is -0.609. The molecule has 2 aromatic carbocycles. The Morgan fingerprint density at radius 2 is 1.68 bits per heavy atom. The van der Waals surface area contributed by atoms with Gasteiger partial charge in [0.05, 0.1) is 6.07 Å². The number of nitrogens with zero attached hydrogens (tertiary/aromatic N) is 3. The van der Waals surface area contributed by atoms with Gasteiger partial charge in [-0.3, -0.25) is 4.90 Å². The third-order valence-electron chi connectivity index (χ3n) is 5.31. The predicted molar refractivity (Wildman–Crippen MR) is 131 cm³/mol. The molecule has 1 saturated heterocycles. The Morgan fingerprint density at radius 3 is 2.19 bits per heavy atom. The molecule has 0 spiro atoms. The lowest BCUT2D eigenvalue weighted by atomic mass is 10.0. The fraction of sp³-hybridized carbons (Fsp3) is 0.375. The van der Waals surface area contributed by atoms with Crippen molar-refractivity contribution in [3.05, 3.63) is 66.2 Å². The molecule has 0 aliphatic carbocycles. The van der Waals surface area contributed by atoms with Crippen molar-refractivity contribution < 1.29 is 9.84 Å². The second-order valence-electron chi connectivity index (χ2n) is 7.28. The van der Waals surface area contributed by atoms with Crippen molar-refractivity contribution in [2.45, 2.75) is 32.6 Å². The first kappa shape index (κ1) is 26.8. The van der Waals surface area contributed by atoms with Crippen LogP contribution in [0.25, 0.3) is 5.57 Å². The lowest BCUT2D eigenvalue weighted by molar-refractivity contribution is -0.0601. The molecule has 5 nitrogen and oxygen atoms in total. The van der Waals surface area contributed by atoms with Crippen molar-refractivity contribution in [3.8, 4) is 11.8 Å². The van der Waals surface area contributed by atoms with E-state index in [1.165, 1.54) is 5.69 Å². The van der Waals surface area contributed by atoms with E-state index in [2.05, 4.69) is 40.1 Å². The molecule has 2 atom stereocenters. The molecule has 2 unspecified atom stereocenters. The molecule has 1 heterocycles. The van der Waals surface area contributed by atoms with Gasteiger partial charge in [0, 0.05) is 37.9 Å². The first-order valence-corrected chi connectivity index (χ1v) is 10.2. The van der Waals surface area contributed by atoms with Gasteiger partial charge in [-0.05, 0) is 48.7 Å². The summed E-state index contributed by atoms with van der Waals surface area (Å²) in [6.07, 6.45) is 1.39. The zero-order valence-electron chi connectivity index (χ0n) is 18.0. The molecular weight excluding hydrogens is 433 g/mol. The van der Waals surface area contributed by atoms with E-state index in [1.807, 2.05) is 37.3 Å². The molecule has 1 aliphatic rings. The van der Waals surface area contributed by atoms with Crippen molar-refractivity contribution in [3.63, 3.8) is 0 Å². The van der Waals surface area contributed by atoms with Crippen LogP contribution in [0.4, 0.5) is 5.69 Å². The normalized spacial score (nSPS) is 16.3. The zero-order chi connectivity index (χ0) is 20.6. The quantitative estimate of drug-likeness (QED) is 0.599. The van der Waals surface area contributed by atoms with Crippen LogP contribution in [0, 0.1) is 11.3 Å². The Bertz CT molecular complexity index is 843. The SMILES string of the molecule is CCC(=CC#N)c1ccc(OC(C(C)O)N2CCN(c3ccccc3)CC2)cc1.Cl.Cl. The molecule has 168 valence electrons. The predicted octanol–water partition coefficient (Wildman–Crippen LogP) is 4.76. The highest BCUT2D eigenvalue weighted by Crippen LogP contribution is 2.24. The van der Waals surface area contributed by atoms with Gasteiger partial charge in [0.1, 0.15) is 11.9 Å². The van der Waals surface area contributed by atoms with Crippen molar-refractivity contribution in [2.24, 2.45) is 0 Å². The summed E-state index contributed by atoms with van der Waals surface area (Å²) in [7, 11) is 0. The molecule has 2 aromatic rings. The van der Waals surface area contributed by atoms with Crippen molar-refractivity contribution in [2.75, 3.05) is 31.1 Å². The van der Waals surface area contributed by atoms with E-state index in [0.717, 1.165) is 49.5 Å². The minimum Gasteiger partial charge on any atom is -0.472 e. The fourth-order valence-electron chi connectivity index (χ4n) is 3.71. The van der Waals surface area contributed by atoms with Gasteiger partial charge in [0.15, 0.2) is 6.23 Å². The van der Waals surface area contributed by atoms with E-state index >= 15 is 0 Å². The average Bonchev–Trinajstić information content (AvgIpc) is 2.77. The lowest BCUT2D eigenvalue weighted by Crippen LogP contribution is -2.55. The van der Waals surface area contributed by atoms with Crippen LogP contribution in [0.3, 0.4) is 0 Å². The summed E-state index contributed by atoms with van der Waals surface area (Å²) in [4.78, 5) is 4.56. The molecule has 0 bridgehead atoms. The van der Waals surface area contributed by atoms with E-state index in [9.17, 15) is 5.11 Å². The first-order chi connectivity index (χ1) is 14.1. The van der Waals surface area contributed by atoms with E-state index in [0.29, 0.717) is 0 Å². The molecule has 0 saturated carbocycles. The standard InChI is InChI=1S/C24H29N3O2.2ClH/c1-3-20(13-14-25)21-9-11-23(12-10-21)29-24(19(2)28)27-17-15-26(16-18-27)22-7-5-4-6-8-22;;/h4-13,19,24,28H,3,15-18H2,1-2H3;2*1H. The number of ether oxygens (including phenoxy) is 1. The highest BCUT2D eigenvalue weighted by molar-refractivity contribution is 5.85. The number of hydrogen-bond donors (Lipinski definition) is 1. The maximum atomic E-state index is 10.3. The second-order valence-corrected chi connectivity index (χ2v) is 7.28. The van der Waals surface area contributed by atoms with Gasteiger partial charge in [0.2, 0.25) is 0 Å². The Morgan fingerprint density at radius 1 is 1.06 bits per heavy atom. The number of hydrogen-bond acceptors (Lipinski definition) is 5. The fourth-order valence-corrected chi connectivity index (χ4v) is 3.71. The molecule has 1 fully saturated rings. The molecule has 0 aromatic heterocycles. The van der Waals surface area contributed by atoms with Gasteiger partial charge >= 0.3 is 0 Å². The number of para-hydroxylation sites is 1. The van der Waals surface area contributed by atoms with E-state index in [4.69, 9.17) is 10.00 Å². The summed E-state index contributed by atoms with van der Waals surface area (Å²) in [5.41, 5.74) is 3.25. The van der Waals surface area contributed by atoms with Crippen LogP contribution >= 0.6 is 24.8 Å². The molecule has 0 radical (unpaired) electrons. The summed E-state index contributed by atoms with van der Waals surface area (Å²) < 4.78 is 6.16. The van der Waals surface area contributed by atoms with Crippen LogP contribution in [0.2, 0.25) is 0 Å². The Labute approximate surface area is 197 Å². The maximum absolute atomic E-state index is 10.3. The maximum Gasteiger partial charge on any atom is 0.178 e. The number of piperazine rings is 1. The Kier molecular flexibility index (Phi) is 11.4. The van der Waals surface area contributed by atoms with Gasteiger partial charge in [0.25, 0.3) is 0 Å². The van der Waals surface area contributed by atoms with Gasteiger partial charge in [-0.2, -0.15) is 5.26 Å². The van der Waals surface area contributed by atoms with E-state index < -0.39 is 6.10 Å². The molecule has 31 heavy (non-hydrogen) atoms. The summed E-state index contributed by atoms with van der Waals surface area (Å²) in [5, 5.41) is 19.2. The topological polar surface area (TPSA) is 59.7 Å². The highest BCUT2D eigenvalue weighted by atomic mass is 35.5. The molecule has 7 heteroatoms. The third-order valence-corrected chi connectivity index (χ3v) is 5.31. The number of aliphatic hydroxyl groups is 1. The number of nitriles is 1. The first-order valence-electron chi connectivity index (χ1n) is 10.2. The third kappa shape index (κ3) is 7.15. The molecule has 1 N–H and O–H groups in total. The molecular formula is C24H31Cl2N3O2. The summed E-state index contributed by atoms with van der Waals surface area (Å²) in [5.74, 6) is 0.720. The van der Waals surface area contributed by atoms with Crippen LogP contribution in [0.5, 0.6) is 5.75 Å². The lowest BCUT2D eigenvalue weighted by Gasteiger charge is -2.40. The average molecular weight is 464 g/mol. The van der Waals surface area contributed by atoms with Crippen LogP contribution in [0.15, 0.2) is 60.7 Å². The van der Waals surface area contributed by atoms with Gasteiger partial charge < -0.3 is 14.7 Å². The van der Waals surface area contributed by atoms with Crippen LogP contribution < -0.4 is 9.64 Å². The Balaban J connectivity index is 0.00000240. The van der Waals surface area contributed by atoms with Crippen molar-refractivity contribution in [1.29, 1.82) is 5.26 Å². The Hall–Kier alpha value is -2.23. The minimum absolute atomic E-state index is 0. The number of allylic oxidation sites excluding steroid dienone is 2. The summed E-state index contributed by atoms with van der Waals surface area (Å²) in [6, 6.07) is 20.3.